The number of hydrogen-bond donors (Lipinski definition) is 0. The number of amides is 1. The molecule has 0 spiro atoms. The minimum atomic E-state index is -0.306. The van der Waals surface area contributed by atoms with E-state index in [1.807, 2.05) is 32.6 Å². The van der Waals surface area contributed by atoms with Crippen LogP contribution < -0.4 is 0 Å². The molecule has 2 nitrogen and oxygen atoms in total. The third-order valence-corrected chi connectivity index (χ3v) is 2.58. The third-order valence-electron chi connectivity index (χ3n) is 2.22. The van der Waals surface area contributed by atoms with Crippen molar-refractivity contribution in [1.82, 2.24) is 4.90 Å². The number of halogens is 1. The van der Waals surface area contributed by atoms with Crippen LogP contribution in [0.25, 0.3) is 0 Å². The van der Waals surface area contributed by atoms with Crippen LogP contribution in [-0.2, 0) is 4.79 Å². The number of carbonyl (C=O) groups excluding carboxylic acids is 1. The lowest BCUT2D eigenvalue weighted by atomic mass is 10.1. The smallest absolute Gasteiger partial charge is 0.241 e. The molecule has 1 rings (SSSR count). The fourth-order valence-corrected chi connectivity index (χ4v) is 2.23. The van der Waals surface area contributed by atoms with Gasteiger partial charge in [0.25, 0.3) is 0 Å². The first-order valence-corrected chi connectivity index (χ1v) is 4.75. The molecule has 0 aliphatic carbocycles. The Balaban J connectivity index is 2.84. The summed E-state index contributed by atoms with van der Waals surface area (Å²) in [6.07, 6.45) is 0.775. The number of carbonyl (C=O) groups is 1. The Morgan fingerprint density at radius 2 is 2.00 bits per heavy atom. The monoisotopic (exact) mass is 189 g/mol. The molecule has 1 amide bonds. The molecule has 0 radical (unpaired) electrons. The standard InChI is InChI=1S/C9H16ClNO/c1-6-5-7(10)8(12)11(6)9(2,3)4/h6-7H,5H2,1-4H3. The number of nitrogens with zero attached hydrogens (tertiary/aromatic N) is 1. The molecule has 3 heteroatoms. The van der Waals surface area contributed by atoms with E-state index >= 15 is 0 Å². The van der Waals surface area contributed by atoms with Gasteiger partial charge in [-0.15, -0.1) is 11.6 Å². The molecule has 0 bridgehead atoms. The number of alkyl halides is 1. The normalized spacial score (nSPS) is 31.4. The highest BCUT2D eigenvalue weighted by molar-refractivity contribution is 6.31. The summed E-state index contributed by atoms with van der Waals surface area (Å²) < 4.78 is 0. The van der Waals surface area contributed by atoms with Gasteiger partial charge in [0.05, 0.1) is 0 Å². The van der Waals surface area contributed by atoms with Gasteiger partial charge in [0.1, 0.15) is 5.38 Å². The van der Waals surface area contributed by atoms with E-state index in [4.69, 9.17) is 11.6 Å². The van der Waals surface area contributed by atoms with E-state index in [0.29, 0.717) is 0 Å². The Morgan fingerprint density at radius 3 is 2.17 bits per heavy atom. The molecule has 0 aromatic heterocycles. The van der Waals surface area contributed by atoms with Gasteiger partial charge in [0.15, 0.2) is 0 Å². The lowest BCUT2D eigenvalue weighted by Crippen LogP contribution is -2.46. The van der Waals surface area contributed by atoms with Crippen molar-refractivity contribution >= 4 is 17.5 Å². The summed E-state index contributed by atoms with van der Waals surface area (Å²) in [4.78, 5) is 13.4. The maximum absolute atomic E-state index is 11.6. The number of hydrogen-bond acceptors (Lipinski definition) is 1. The molecular formula is C9H16ClNO. The van der Waals surface area contributed by atoms with Crippen molar-refractivity contribution in [1.29, 1.82) is 0 Å². The molecule has 1 aliphatic heterocycles. The van der Waals surface area contributed by atoms with Crippen LogP contribution in [0.2, 0.25) is 0 Å². The third kappa shape index (κ3) is 1.58. The van der Waals surface area contributed by atoms with Gasteiger partial charge in [0.2, 0.25) is 5.91 Å². The highest BCUT2D eigenvalue weighted by Crippen LogP contribution is 2.29. The fraction of sp³-hybridized carbons (Fsp3) is 0.889. The zero-order chi connectivity index (χ0) is 9.52. The van der Waals surface area contributed by atoms with E-state index in [1.54, 1.807) is 0 Å². The number of rotatable bonds is 0. The molecule has 0 N–H and O–H groups in total. The Hall–Kier alpha value is -0.240. The van der Waals surface area contributed by atoms with Crippen LogP contribution in [0.4, 0.5) is 0 Å². The molecule has 70 valence electrons. The predicted molar refractivity (Wildman–Crippen MR) is 50.3 cm³/mol. The minimum absolute atomic E-state index is 0.0802. The van der Waals surface area contributed by atoms with Crippen LogP contribution in [0, 0.1) is 0 Å². The predicted octanol–water partition coefficient (Wildman–Crippen LogP) is 2.01. The summed E-state index contributed by atoms with van der Waals surface area (Å²) in [5.74, 6) is 0.0802. The van der Waals surface area contributed by atoms with Gasteiger partial charge >= 0.3 is 0 Å². The van der Waals surface area contributed by atoms with E-state index in [2.05, 4.69) is 0 Å². The summed E-state index contributed by atoms with van der Waals surface area (Å²) in [7, 11) is 0. The lowest BCUT2D eigenvalue weighted by Gasteiger charge is -2.35. The van der Waals surface area contributed by atoms with Gasteiger partial charge in [-0.1, -0.05) is 0 Å². The second-order valence-corrected chi connectivity index (χ2v) is 4.96. The quantitative estimate of drug-likeness (QED) is 0.534. The second kappa shape index (κ2) is 2.91. The average Bonchev–Trinajstić information content (AvgIpc) is 2.05. The highest BCUT2D eigenvalue weighted by Gasteiger charge is 2.41. The molecule has 2 unspecified atom stereocenters. The minimum Gasteiger partial charge on any atom is -0.334 e. The largest absolute Gasteiger partial charge is 0.334 e. The van der Waals surface area contributed by atoms with Gasteiger partial charge in [-0.25, -0.2) is 0 Å². The van der Waals surface area contributed by atoms with E-state index < -0.39 is 0 Å². The molecule has 1 saturated heterocycles. The van der Waals surface area contributed by atoms with Gasteiger partial charge in [0, 0.05) is 11.6 Å². The summed E-state index contributed by atoms with van der Waals surface area (Å²) >= 11 is 5.87. The first-order chi connectivity index (χ1) is 5.34. The second-order valence-electron chi connectivity index (χ2n) is 4.43. The van der Waals surface area contributed by atoms with Crippen molar-refractivity contribution in [2.75, 3.05) is 0 Å². The maximum Gasteiger partial charge on any atom is 0.241 e. The Kier molecular flexibility index (Phi) is 2.39. The zero-order valence-electron chi connectivity index (χ0n) is 8.10. The Morgan fingerprint density at radius 1 is 1.50 bits per heavy atom. The summed E-state index contributed by atoms with van der Waals surface area (Å²) in [6.45, 7) is 8.16. The molecule has 1 aliphatic rings. The van der Waals surface area contributed by atoms with Gasteiger partial charge in [-0.05, 0) is 34.1 Å². The average molecular weight is 190 g/mol. The molecule has 0 saturated carbocycles. The van der Waals surface area contributed by atoms with Gasteiger partial charge in [-0.3, -0.25) is 4.79 Å². The SMILES string of the molecule is CC1CC(Cl)C(=O)N1C(C)(C)C. The molecule has 12 heavy (non-hydrogen) atoms. The molecule has 1 heterocycles. The summed E-state index contributed by atoms with van der Waals surface area (Å²) in [5, 5.41) is -0.306. The van der Waals surface area contributed by atoms with E-state index in [-0.39, 0.29) is 22.9 Å². The van der Waals surface area contributed by atoms with Crippen molar-refractivity contribution in [2.45, 2.75) is 51.1 Å². The zero-order valence-corrected chi connectivity index (χ0v) is 8.85. The topological polar surface area (TPSA) is 20.3 Å². The first-order valence-electron chi connectivity index (χ1n) is 4.31. The molecule has 1 fully saturated rings. The molecular weight excluding hydrogens is 174 g/mol. The Labute approximate surface area is 78.9 Å². The van der Waals surface area contributed by atoms with Crippen molar-refractivity contribution in [3.8, 4) is 0 Å². The maximum atomic E-state index is 11.6. The molecule has 0 aromatic rings. The van der Waals surface area contributed by atoms with Gasteiger partial charge < -0.3 is 4.90 Å². The number of likely N-dealkylation sites (tertiary alicyclic amines) is 1. The molecule has 0 aromatic carbocycles. The van der Waals surface area contributed by atoms with E-state index in [1.165, 1.54) is 0 Å². The van der Waals surface area contributed by atoms with Crippen molar-refractivity contribution in [3.05, 3.63) is 0 Å². The highest BCUT2D eigenvalue weighted by atomic mass is 35.5. The fourth-order valence-electron chi connectivity index (χ4n) is 1.87. The van der Waals surface area contributed by atoms with Crippen LogP contribution in [0.1, 0.15) is 34.1 Å². The van der Waals surface area contributed by atoms with E-state index in [9.17, 15) is 4.79 Å². The van der Waals surface area contributed by atoms with Crippen LogP contribution >= 0.6 is 11.6 Å². The van der Waals surface area contributed by atoms with Crippen molar-refractivity contribution in [2.24, 2.45) is 0 Å². The Bertz CT molecular complexity index is 197. The van der Waals surface area contributed by atoms with Crippen molar-refractivity contribution in [3.63, 3.8) is 0 Å². The molecule has 2 atom stereocenters. The summed E-state index contributed by atoms with van der Waals surface area (Å²) in [5.41, 5.74) is -0.0971. The first kappa shape index (κ1) is 9.85. The van der Waals surface area contributed by atoms with E-state index in [0.717, 1.165) is 6.42 Å². The van der Waals surface area contributed by atoms with Gasteiger partial charge in [-0.2, -0.15) is 0 Å². The van der Waals surface area contributed by atoms with Crippen LogP contribution in [-0.4, -0.2) is 27.8 Å². The van der Waals surface area contributed by atoms with Crippen molar-refractivity contribution < 1.29 is 4.79 Å². The van der Waals surface area contributed by atoms with Crippen LogP contribution in [0.5, 0.6) is 0 Å². The summed E-state index contributed by atoms with van der Waals surface area (Å²) in [6, 6.07) is 0.278. The van der Waals surface area contributed by atoms with Crippen LogP contribution in [0.15, 0.2) is 0 Å². The lowest BCUT2D eigenvalue weighted by molar-refractivity contribution is -0.133. The van der Waals surface area contributed by atoms with Crippen LogP contribution in [0.3, 0.4) is 0 Å².